The van der Waals surface area contributed by atoms with Gasteiger partial charge in [-0.3, -0.25) is 0 Å². The highest BCUT2D eigenvalue weighted by atomic mass is 35.5. The molecule has 0 aliphatic carbocycles. The average molecular weight is 298 g/mol. The van der Waals surface area contributed by atoms with Crippen molar-refractivity contribution in [1.29, 1.82) is 0 Å². The summed E-state index contributed by atoms with van der Waals surface area (Å²) in [5, 5.41) is 0.326. The van der Waals surface area contributed by atoms with E-state index in [2.05, 4.69) is 4.98 Å². The van der Waals surface area contributed by atoms with Gasteiger partial charge in [0.2, 0.25) is 0 Å². The maximum absolute atomic E-state index is 11.9. The van der Waals surface area contributed by atoms with Crippen LogP contribution in [0.4, 0.5) is 0 Å². The first-order valence-electron chi connectivity index (χ1n) is 5.28. The quantitative estimate of drug-likeness (QED) is 0.493. The van der Waals surface area contributed by atoms with Crippen LogP contribution < -0.4 is 9.47 Å². The van der Waals surface area contributed by atoms with Gasteiger partial charge in [-0.05, 0) is 18.2 Å². The molecule has 2 aromatic rings. The molecule has 0 saturated heterocycles. The third kappa shape index (κ3) is 3.16. The van der Waals surface area contributed by atoms with Gasteiger partial charge < -0.3 is 9.47 Å². The molecule has 19 heavy (non-hydrogen) atoms. The Bertz CT molecular complexity index is 617. The van der Waals surface area contributed by atoms with E-state index in [1.54, 1.807) is 24.3 Å². The normalized spacial score (nSPS) is 10.1. The van der Waals surface area contributed by atoms with Crippen LogP contribution in [0.1, 0.15) is 10.4 Å². The maximum atomic E-state index is 11.9. The summed E-state index contributed by atoms with van der Waals surface area (Å²) in [7, 11) is 1.49. The third-order valence-electron chi connectivity index (χ3n) is 2.30. The molecule has 0 unspecified atom stereocenters. The van der Waals surface area contributed by atoms with Gasteiger partial charge >= 0.3 is 5.97 Å². The number of ether oxygens (including phenoxy) is 2. The van der Waals surface area contributed by atoms with Crippen LogP contribution in [-0.2, 0) is 0 Å². The Morgan fingerprint density at radius 1 is 1.21 bits per heavy atom. The van der Waals surface area contributed by atoms with Gasteiger partial charge in [0.25, 0.3) is 0 Å². The molecule has 4 nitrogen and oxygen atoms in total. The molecule has 0 aliphatic heterocycles. The second-order valence-electron chi connectivity index (χ2n) is 3.54. The van der Waals surface area contributed by atoms with Crippen molar-refractivity contribution in [1.82, 2.24) is 4.98 Å². The zero-order chi connectivity index (χ0) is 13.8. The number of carbonyl (C=O) groups is 1. The zero-order valence-corrected chi connectivity index (χ0v) is 11.4. The summed E-state index contributed by atoms with van der Waals surface area (Å²) in [5.74, 6) is 0.195. The third-order valence-corrected chi connectivity index (χ3v) is 2.99. The van der Waals surface area contributed by atoms with E-state index in [9.17, 15) is 4.79 Å². The Balaban J connectivity index is 2.23. The molecular weight excluding hydrogens is 289 g/mol. The number of esters is 1. The molecule has 0 radical (unpaired) electrons. The van der Waals surface area contributed by atoms with E-state index >= 15 is 0 Å². The van der Waals surface area contributed by atoms with Crippen LogP contribution in [0.25, 0.3) is 0 Å². The number of pyridine rings is 1. The predicted octanol–water partition coefficient (Wildman–Crippen LogP) is 3.62. The van der Waals surface area contributed by atoms with E-state index in [1.165, 1.54) is 19.4 Å². The molecule has 2 rings (SSSR count). The minimum Gasteiger partial charge on any atom is -0.493 e. The number of hydrogen-bond donors (Lipinski definition) is 0. The van der Waals surface area contributed by atoms with Crippen molar-refractivity contribution in [3.63, 3.8) is 0 Å². The molecule has 0 atom stereocenters. The highest BCUT2D eigenvalue weighted by molar-refractivity contribution is 6.41. The Kier molecular flexibility index (Phi) is 4.24. The van der Waals surface area contributed by atoms with Crippen molar-refractivity contribution < 1.29 is 14.3 Å². The fourth-order valence-electron chi connectivity index (χ4n) is 1.39. The smallest absolute Gasteiger partial charge is 0.345 e. The summed E-state index contributed by atoms with van der Waals surface area (Å²) >= 11 is 11.5. The molecule has 0 aliphatic rings. The number of methoxy groups -OCH3 is 1. The van der Waals surface area contributed by atoms with Crippen LogP contribution in [0, 0.1) is 0 Å². The average Bonchev–Trinajstić information content (AvgIpc) is 2.42. The lowest BCUT2D eigenvalue weighted by Gasteiger charge is -2.08. The van der Waals surface area contributed by atoms with Crippen molar-refractivity contribution in [2.24, 2.45) is 0 Å². The SMILES string of the molecule is COc1ccccc1OC(=O)c1cnc(Cl)c(Cl)c1. The van der Waals surface area contributed by atoms with Crippen LogP contribution >= 0.6 is 23.2 Å². The topological polar surface area (TPSA) is 48.4 Å². The number of hydrogen-bond acceptors (Lipinski definition) is 4. The maximum Gasteiger partial charge on any atom is 0.345 e. The Morgan fingerprint density at radius 2 is 1.89 bits per heavy atom. The van der Waals surface area contributed by atoms with Gasteiger partial charge in [0.15, 0.2) is 11.5 Å². The molecule has 1 heterocycles. The fourth-order valence-corrected chi connectivity index (χ4v) is 1.66. The van der Waals surface area contributed by atoms with E-state index < -0.39 is 5.97 Å². The van der Waals surface area contributed by atoms with E-state index in [-0.39, 0.29) is 15.7 Å². The molecule has 0 spiro atoms. The minimum atomic E-state index is -0.587. The summed E-state index contributed by atoms with van der Waals surface area (Å²) in [6.07, 6.45) is 1.30. The van der Waals surface area contributed by atoms with E-state index in [0.717, 1.165) is 0 Å². The molecule has 1 aromatic heterocycles. The van der Waals surface area contributed by atoms with Crippen LogP contribution in [0.15, 0.2) is 36.5 Å². The molecule has 0 amide bonds. The first-order chi connectivity index (χ1) is 9.11. The Morgan fingerprint density at radius 3 is 2.53 bits per heavy atom. The van der Waals surface area contributed by atoms with Crippen molar-refractivity contribution >= 4 is 29.2 Å². The Labute approximate surface area is 119 Å². The number of aromatic nitrogens is 1. The number of rotatable bonds is 3. The molecule has 0 fully saturated rings. The summed E-state index contributed by atoms with van der Waals surface area (Å²) in [4.78, 5) is 15.7. The Hall–Kier alpha value is -1.78. The van der Waals surface area contributed by atoms with Crippen molar-refractivity contribution in [3.8, 4) is 11.5 Å². The van der Waals surface area contributed by atoms with E-state index in [1.807, 2.05) is 0 Å². The second kappa shape index (κ2) is 5.91. The van der Waals surface area contributed by atoms with Gasteiger partial charge in [0.1, 0.15) is 5.15 Å². The molecule has 0 bridgehead atoms. The zero-order valence-electron chi connectivity index (χ0n) is 9.89. The first-order valence-corrected chi connectivity index (χ1v) is 6.03. The summed E-state index contributed by atoms with van der Waals surface area (Å²) in [6.45, 7) is 0. The van der Waals surface area contributed by atoms with Crippen molar-refractivity contribution in [3.05, 3.63) is 52.3 Å². The summed E-state index contributed by atoms with van der Waals surface area (Å²) in [5.41, 5.74) is 0.209. The van der Waals surface area contributed by atoms with Crippen LogP contribution in [0.5, 0.6) is 11.5 Å². The number of nitrogens with zero attached hydrogens (tertiary/aromatic N) is 1. The van der Waals surface area contributed by atoms with Gasteiger partial charge in [-0.25, -0.2) is 9.78 Å². The minimum absolute atomic E-state index is 0.135. The van der Waals surface area contributed by atoms with Crippen molar-refractivity contribution in [2.45, 2.75) is 0 Å². The molecular formula is C13H9Cl2NO3. The lowest BCUT2D eigenvalue weighted by Crippen LogP contribution is -2.09. The number of para-hydroxylation sites is 2. The molecule has 98 valence electrons. The molecule has 6 heteroatoms. The second-order valence-corrected chi connectivity index (χ2v) is 4.30. The van der Waals surface area contributed by atoms with Crippen LogP contribution in [0.3, 0.4) is 0 Å². The van der Waals surface area contributed by atoms with Crippen LogP contribution in [-0.4, -0.2) is 18.1 Å². The largest absolute Gasteiger partial charge is 0.493 e. The lowest BCUT2D eigenvalue weighted by molar-refractivity contribution is 0.0729. The van der Waals surface area contributed by atoms with Gasteiger partial charge in [0, 0.05) is 6.20 Å². The van der Waals surface area contributed by atoms with Gasteiger partial charge in [-0.2, -0.15) is 0 Å². The van der Waals surface area contributed by atoms with Crippen LogP contribution in [0.2, 0.25) is 10.2 Å². The van der Waals surface area contributed by atoms with E-state index in [0.29, 0.717) is 11.5 Å². The predicted molar refractivity (Wildman–Crippen MR) is 72.2 cm³/mol. The monoisotopic (exact) mass is 297 g/mol. The van der Waals surface area contributed by atoms with Gasteiger partial charge in [-0.15, -0.1) is 0 Å². The fraction of sp³-hybridized carbons (Fsp3) is 0.0769. The highest BCUT2D eigenvalue weighted by Gasteiger charge is 2.13. The first kappa shape index (κ1) is 13.6. The lowest BCUT2D eigenvalue weighted by atomic mass is 10.3. The van der Waals surface area contributed by atoms with E-state index in [4.69, 9.17) is 32.7 Å². The summed E-state index contributed by atoms with van der Waals surface area (Å²) < 4.78 is 10.3. The number of halogens is 2. The summed E-state index contributed by atoms with van der Waals surface area (Å²) in [6, 6.07) is 8.22. The number of benzene rings is 1. The molecule has 0 N–H and O–H groups in total. The number of carbonyl (C=O) groups excluding carboxylic acids is 1. The van der Waals surface area contributed by atoms with Crippen molar-refractivity contribution in [2.75, 3.05) is 7.11 Å². The van der Waals surface area contributed by atoms with Gasteiger partial charge in [0.05, 0.1) is 17.7 Å². The molecule has 1 aromatic carbocycles. The molecule has 0 saturated carbocycles. The highest BCUT2D eigenvalue weighted by Crippen LogP contribution is 2.27. The van der Waals surface area contributed by atoms with Gasteiger partial charge in [-0.1, -0.05) is 35.3 Å². The standard InChI is InChI=1S/C13H9Cl2NO3/c1-18-10-4-2-3-5-11(10)19-13(17)8-6-9(14)12(15)16-7-8/h2-7H,1H3.